The highest BCUT2D eigenvalue weighted by atomic mass is 16.6. The van der Waals surface area contributed by atoms with E-state index >= 15 is 0 Å². The van der Waals surface area contributed by atoms with Gasteiger partial charge in [-0.3, -0.25) is 29.8 Å². The van der Waals surface area contributed by atoms with E-state index < -0.39 is 50.5 Å². The maximum Gasteiger partial charge on any atom is 0.336 e. The largest absolute Gasteiger partial charge is 0.464 e. The van der Waals surface area contributed by atoms with Gasteiger partial charge in [0.2, 0.25) is 0 Å². The minimum absolute atomic E-state index is 0.00441. The highest BCUT2D eigenvalue weighted by Crippen LogP contribution is 2.23. The van der Waals surface area contributed by atoms with Crippen molar-refractivity contribution in [3.05, 3.63) is 79.9 Å². The molecule has 0 aromatic heterocycles. The topological polar surface area (TPSA) is 159 Å². The number of nitro groups is 2. The van der Waals surface area contributed by atoms with Crippen LogP contribution in [0.25, 0.3) is 0 Å². The van der Waals surface area contributed by atoms with Gasteiger partial charge in [-0.25, -0.2) is 4.79 Å². The first-order chi connectivity index (χ1) is 14.6. The average molecular weight is 429 g/mol. The van der Waals surface area contributed by atoms with E-state index in [0.717, 1.165) is 12.1 Å². The molecule has 0 saturated heterocycles. The number of nitrogens with zero attached hydrogens (tertiary/aromatic N) is 2. The van der Waals surface area contributed by atoms with Gasteiger partial charge in [-0.05, 0) is 5.92 Å². The van der Waals surface area contributed by atoms with Gasteiger partial charge in [0.1, 0.15) is 0 Å². The molecule has 11 nitrogen and oxygen atoms in total. The number of carbonyl (C=O) groups excluding carboxylic acids is 3. The number of Topliss-reactive ketones (excluding diaryl/α,β-unsaturated/α-hetero) is 1. The number of rotatable bonds is 9. The zero-order chi connectivity index (χ0) is 23.1. The monoisotopic (exact) mass is 429 g/mol. The van der Waals surface area contributed by atoms with Gasteiger partial charge < -0.3 is 10.1 Å². The van der Waals surface area contributed by atoms with Crippen LogP contribution in [0.5, 0.6) is 0 Å². The second-order valence-corrected chi connectivity index (χ2v) is 6.91. The van der Waals surface area contributed by atoms with Gasteiger partial charge in [-0.2, -0.15) is 0 Å². The van der Waals surface area contributed by atoms with E-state index in [1.165, 1.54) is 12.1 Å². The van der Waals surface area contributed by atoms with Crippen LogP contribution in [0.4, 0.5) is 11.4 Å². The van der Waals surface area contributed by atoms with Crippen molar-refractivity contribution in [2.45, 2.75) is 19.9 Å². The number of ether oxygens (including phenoxy) is 1. The molecule has 0 fully saturated rings. The molecule has 0 heterocycles. The normalized spacial score (nSPS) is 11.5. The van der Waals surface area contributed by atoms with Gasteiger partial charge in [0.15, 0.2) is 11.8 Å². The van der Waals surface area contributed by atoms with Gasteiger partial charge in [-0.1, -0.05) is 44.2 Å². The van der Waals surface area contributed by atoms with Crippen LogP contribution >= 0.6 is 0 Å². The van der Waals surface area contributed by atoms with E-state index in [9.17, 15) is 34.6 Å². The summed E-state index contributed by atoms with van der Waals surface area (Å²) in [5.74, 6) is -2.90. The fraction of sp³-hybridized carbons (Fsp3) is 0.250. The molecule has 0 bridgehead atoms. The average Bonchev–Trinajstić information content (AvgIpc) is 2.75. The molecule has 0 aliphatic heterocycles. The summed E-state index contributed by atoms with van der Waals surface area (Å²) in [5, 5.41) is 24.3. The fourth-order valence-electron chi connectivity index (χ4n) is 2.48. The molecular weight excluding hydrogens is 410 g/mol. The highest BCUT2D eigenvalue weighted by Gasteiger charge is 2.32. The summed E-state index contributed by atoms with van der Waals surface area (Å²) in [5.41, 5.74) is -1.71. The van der Waals surface area contributed by atoms with Crippen molar-refractivity contribution >= 4 is 29.0 Å². The molecule has 1 unspecified atom stereocenters. The predicted octanol–water partition coefficient (Wildman–Crippen LogP) is 2.68. The predicted molar refractivity (Wildman–Crippen MR) is 108 cm³/mol. The van der Waals surface area contributed by atoms with Crippen LogP contribution in [0.1, 0.15) is 34.6 Å². The van der Waals surface area contributed by atoms with Crippen molar-refractivity contribution in [3.63, 3.8) is 0 Å². The van der Waals surface area contributed by atoms with Crippen molar-refractivity contribution in [2.75, 3.05) is 6.61 Å². The Hall–Kier alpha value is -4.15. The van der Waals surface area contributed by atoms with Crippen LogP contribution in [-0.4, -0.2) is 40.2 Å². The molecule has 0 radical (unpaired) electrons. The fourth-order valence-corrected chi connectivity index (χ4v) is 2.48. The molecule has 11 heteroatoms. The number of nitro benzene ring substituents is 2. The van der Waals surface area contributed by atoms with E-state index in [1.54, 1.807) is 32.0 Å². The van der Waals surface area contributed by atoms with Gasteiger partial charge >= 0.3 is 5.97 Å². The Kier molecular flexibility index (Phi) is 7.50. The molecule has 2 aromatic rings. The number of nitrogens with one attached hydrogen (secondary N) is 1. The van der Waals surface area contributed by atoms with Crippen LogP contribution in [0.15, 0.2) is 48.5 Å². The minimum Gasteiger partial charge on any atom is -0.464 e. The smallest absolute Gasteiger partial charge is 0.336 e. The summed E-state index contributed by atoms with van der Waals surface area (Å²) in [4.78, 5) is 58.3. The summed E-state index contributed by atoms with van der Waals surface area (Å²) >= 11 is 0. The van der Waals surface area contributed by atoms with Crippen molar-refractivity contribution in [1.82, 2.24) is 5.32 Å². The number of benzene rings is 2. The first-order valence-corrected chi connectivity index (χ1v) is 9.10. The number of hydrogen-bond donors (Lipinski definition) is 1. The lowest BCUT2D eigenvalue weighted by atomic mass is 10.0. The number of esters is 1. The van der Waals surface area contributed by atoms with Crippen LogP contribution in [-0.2, 0) is 9.53 Å². The Labute approximate surface area is 176 Å². The lowest BCUT2D eigenvalue weighted by Gasteiger charge is -2.17. The number of carbonyl (C=O) groups is 3. The molecule has 1 amide bonds. The molecule has 1 atom stereocenters. The summed E-state index contributed by atoms with van der Waals surface area (Å²) in [6.07, 6.45) is 0. The molecule has 162 valence electrons. The first-order valence-electron chi connectivity index (χ1n) is 9.10. The summed E-state index contributed by atoms with van der Waals surface area (Å²) < 4.78 is 5.08. The molecule has 2 rings (SSSR count). The molecule has 0 spiro atoms. The Balaban J connectivity index is 2.38. The molecule has 0 aliphatic carbocycles. The van der Waals surface area contributed by atoms with Gasteiger partial charge in [0.25, 0.3) is 17.3 Å². The third-order valence-electron chi connectivity index (χ3n) is 3.98. The molecule has 31 heavy (non-hydrogen) atoms. The lowest BCUT2D eigenvalue weighted by molar-refractivity contribution is -0.394. The van der Waals surface area contributed by atoms with Crippen molar-refractivity contribution < 1.29 is 29.0 Å². The van der Waals surface area contributed by atoms with E-state index in [0.29, 0.717) is 6.07 Å². The zero-order valence-electron chi connectivity index (χ0n) is 16.6. The molecule has 2 aromatic carbocycles. The Morgan fingerprint density at radius 2 is 1.48 bits per heavy atom. The van der Waals surface area contributed by atoms with Crippen LogP contribution in [0.2, 0.25) is 0 Å². The Morgan fingerprint density at radius 3 is 1.97 bits per heavy atom. The maximum absolute atomic E-state index is 12.8. The number of hydrogen-bond acceptors (Lipinski definition) is 8. The first kappa shape index (κ1) is 23.1. The second kappa shape index (κ2) is 10.1. The van der Waals surface area contributed by atoms with Crippen molar-refractivity contribution in [3.8, 4) is 0 Å². The van der Waals surface area contributed by atoms with E-state index in [1.807, 2.05) is 0 Å². The third-order valence-corrected chi connectivity index (χ3v) is 3.98. The maximum atomic E-state index is 12.8. The zero-order valence-corrected chi connectivity index (χ0v) is 16.6. The number of amides is 1. The van der Waals surface area contributed by atoms with Crippen molar-refractivity contribution in [1.29, 1.82) is 0 Å². The minimum atomic E-state index is -1.74. The summed E-state index contributed by atoms with van der Waals surface area (Å²) in [7, 11) is 0. The van der Waals surface area contributed by atoms with Gasteiger partial charge in [0, 0.05) is 17.7 Å². The molecule has 0 saturated carbocycles. The summed E-state index contributed by atoms with van der Waals surface area (Å²) in [6, 6.07) is 8.24. The highest BCUT2D eigenvalue weighted by molar-refractivity contribution is 6.15. The molecular formula is C20H19N3O8. The van der Waals surface area contributed by atoms with Crippen LogP contribution in [0.3, 0.4) is 0 Å². The van der Waals surface area contributed by atoms with Crippen LogP contribution < -0.4 is 5.32 Å². The second-order valence-electron chi connectivity index (χ2n) is 6.91. The van der Waals surface area contributed by atoms with Crippen LogP contribution in [0, 0.1) is 26.1 Å². The van der Waals surface area contributed by atoms with E-state index in [-0.39, 0.29) is 18.1 Å². The molecule has 1 N–H and O–H groups in total. The Morgan fingerprint density at radius 1 is 0.935 bits per heavy atom. The quantitative estimate of drug-likeness (QED) is 0.209. The van der Waals surface area contributed by atoms with Crippen molar-refractivity contribution in [2.24, 2.45) is 5.92 Å². The number of ketones is 1. The SMILES string of the molecule is CC(C)COC(=O)C(NC(=O)c1cc([N+](=O)[O-])cc([N+](=O)[O-])c1)C(=O)c1ccccc1. The molecule has 0 aliphatic rings. The summed E-state index contributed by atoms with van der Waals surface area (Å²) in [6.45, 7) is 3.56. The number of non-ortho nitro benzene ring substituents is 2. The Bertz CT molecular complexity index is 988. The van der Waals surface area contributed by atoms with Gasteiger partial charge in [0.05, 0.1) is 28.1 Å². The third kappa shape index (κ3) is 6.16. The van der Waals surface area contributed by atoms with Gasteiger partial charge in [-0.15, -0.1) is 0 Å². The van der Waals surface area contributed by atoms with E-state index in [4.69, 9.17) is 4.74 Å². The standard InChI is InChI=1S/C20H19N3O8/c1-12(2)11-31-20(26)17(18(24)13-6-4-3-5-7-13)21-19(25)14-8-15(22(27)28)10-16(9-14)23(29)30/h3-10,12,17H,11H2,1-2H3,(H,21,25). The van der Waals surface area contributed by atoms with E-state index in [2.05, 4.69) is 5.32 Å². The lowest BCUT2D eigenvalue weighted by Crippen LogP contribution is -2.47.